The molecule has 1 amide bonds. The molecule has 1 unspecified atom stereocenters. The standard InChI is InChI=1S/C20H25ClFN7OS.C2H6.CH3F/c1-3-12(2)18(28-20(24)31-29(25)9-8-23)15-10-14(5-6-16(15)22)27-19(30)17-7-4-13(21)11-26-17;2*1-2/h4-12,18H,3,23,25H2,1-2H3,(H2,24,28)(H,27,30);1-2H3;1H3/b9-8-;;/t12-,18?;;/m1../s1. The van der Waals surface area contributed by atoms with Crippen LogP contribution in [0.15, 0.2) is 53.9 Å². The SMILES string of the molecule is CC.CC[C@@H](C)C(N=C(N)SN(N)/C=C\N)c1cc(NC(=O)c2ccc(Cl)cn2)ccc1F.CF. The van der Waals surface area contributed by atoms with Crippen LogP contribution in [0.2, 0.25) is 5.02 Å². The highest BCUT2D eigenvalue weighted by Gasteiger charge is 2.22. The Kier molecular flexibility index (Phi) is 16.1. The lowest BCUT2D eigenvalue weighted by Gasteiger charge is -2.22. The number of nitrogens with zero attached hydrogens (tertiary/aromatic N) is 3. The number of pyridine rings is 1. The van der Waals surface area contributed by atoms with E-state index >= 15 is 0 Å². The fourth-order valence-electron chi connectivity index (χ4n) is 2.66. The Morgan fingerprint density at radius 3 is 2.51 bits per heavy atom. The topological polar surface area (TPSA) is 136 Å². The lowest BCUT2D eigenvalue weighted by Crippen LogP contribution is -2.24. The highest BCUT2D eigenvalue weighted by molar-refractivity contribution is 8.11. The van der Waals surface area contributed by atoms with Crippen molar-refractivity contribution in [3.05, 3.63) is 71.0 Å². The van der Waals surface area contributed by atoms with Gasteiger partial charge in [0.15, 0.2) is 5.17 Å². The van der Waals surface area contributed by atoms with E-state index in [0.717, 1.165) is 18.4 Å². The van der Waals surface area contributed by atoms with E-state index in [1.54, 1.807) is 12.1 Å². The maximum atomic E-state index is 14.7. The van der Waals surface area contributed by atoms with Crippen molar-refractivity contribution in [2.75, 3.05) is 12.5 Å². The molecule has 0 radical (unpaired) electrons. The Morgan fingerprint density at radius 1 is 1.31 bits per heavy atom. The van der Waals surface area contributed by atoms with E-state index in [1.807, 2.05) is 27.7 Å². The van der Waals surface area contributed by atoms with Gasteiger partial charge in [-0.1, -0.05) is 45.7 Å². The molecule has 2 rings (SSSR count). The van der Waals surface area contributed by atoms with Gasteiger partial charge in [0, 0.05) is 41.8 Å². The molecule has 0 aliphatic carbocycles. The van der Waals surface area contributed by atoms with Gasteiger partial charge in [-0.25, -0.2) is 15.2 Å². The van der Waals surface area contributed by atoms with Gasteiger partial charge < -0.3 is 16.8 Å². The van der Waals surface area contributed by atoms with Crippen molar-refractivity contribution in [1.29, 1.82) is 0 Å². The van der Waals surface area contributed by atoms with Crippen LogP contribution in [-0.2, 0) is 0 Å². The molecule has 2 aromatic rings. The maximum Gasteiger partial charge on any atom is 0.274 e. The number of hydrogen-bond acceptors (Lipinski definition) is 7. The smallest absolute Gasteiger partial charge is 0.274 e. The van der Waals surface area contributed by atoms with Crippen molar-refractivity contribution < 1.29 is 13.6 Å². The molecule has 35 heavy (non-hydrogen) atoms. The van der Waals surface area contributed by atoms with Gasteiger partial charge in [0.2, 0.25) is 0 Å². The molecule has 0 aliphatic rings. The number of benzene rings is 1. The summed E-state index contributed by atoms with van der Waals surface area (Å²) in [7, 11) is 0.500. The number of amidine groups is 1. The summed E-state index contributed by atoms with van der Waals surface area (Å²) in [6, 6.07) is 6.77. The Morgan fingerprint density at radius 2 is 1.97 bits per heavy atom. The van der Waals surface area contributed by atoms with E-state index in [2.05, 4.69) is 15.3 Å². The minimum Gasteiger partial charge on any atom is -0.403 e. The van der Waals surface area contributed by atoms with Crippen LogP contribution in [0.3, 0.4) is 0 Å². The quantitative estimate of drug-likeness (QED) is 0.118. The van der Waals surface area contributed by atoms with Crippen LogP contribution in [0, 0.1) is 11.7 Å². The highest BCUT2D eigenvalue weighted by Crippen LogP contribution is 2.33. The molecule has 0 spiro atoms. The molecule has 7 N–H and O–H groups in total. The molecule has 12 heteroatoms. The third-order valence-corrected chi connectivity index (χ3v) is 5.26. The van der Waals surface area contributed by atoms with Crippen LogP contribution in [0.4, 0.5) is 14.5 Å². The summed E-state index contributed by atoms with van der Waals surface area (Å²) in [4.78, 5) is 20.9. The van der Waals surface area contributed by atoms with Crippen molar-refractivity contribution in [2.45, 2.75) is 40.2 Å². The van der Waals surface area contributed by atoms with Gasteiger partial charge >= 0.3 is 0 Å². The summed E-state index contributed by atoms with van der Waals surface area (Å²) in [6.45, 7) is 7.91. The van der Waals surface area contributed by atoms with Gasteiger partial charge in [-0.2, -0.15) is 0 Å². The molecule has 2 atom stereocenters. The van der Waals surface area contributed by atoms with Crippen LogP contribution in [0.25, 0.3) is 0 Å². The molecule has 0 aliphatic heterocycles. The van der Waals surface area contributed by atoms with E-state index < -0.39 is 17.8 Å². The summed E-state index contributed by atoms with van der Waals surface area (Å²) in [5.41, 5.74) is 12.2. The molecule has 1 aromatic heterocycles. The average Bonchev–Trinajstić information content (AvgIpc) is 2.86. The normalized spacial score (nSPS) is 12.5. The third kappa shape index (κ3) is 10.9. The van der Waals surface area contributed by atoms with Crippen LogP contribution in [0.1, 0.15) is 56.2 Å². The summed E-state index contributed by atoms with van der Waals surface area (Å²) >= 11 is 6.76. The minimum atomic E-state index is -0.585. The van der Waals surface area contributed by atoms with Crippen molar-refractivity contribution in [3.63, 3.8) is 0 Å². The largest absolute Gasteiger partial charge is 0.403 e. The molecule has 0 saturated heterocycles. The second-order valence-corrected chi connectivity index (χ2v) is 8.10. The fraction of sp³-hybridized carbons (Fsp3) is 0.348. The Balaban J connectivity index is 0.00000274. The summed E-state index contributed by atoms with van der Waals surface area (Å²) in [5, 5.41) is 3.28. The van der Waals surface area contributed by atoms with Gasteiger partial charge in [0.25, 0.3) is 5.91 Å². The first-order chi connectivity index (χ1) is 16.7. The zero-order chi connectivity index (χ0) is 27.0. The van der Waals surface area contributed by atoms with Crippen LogP contribution in [0.5, 0.6) is 0 Å². The number of carbonyl (C=O) groups is 1. The molecule has 0 saturated carbocycles. The molecule has 8 nitrogen and oxygen atoms in total. The molecule has 0 fully saturated rings. The Hall–Kier alpha value is -2.89. The van der Waals surface area contributed by atoms with Crippen LogP contribution >= 0.6 is 23.5 Å². The van der Waals surface area contributed by atoms with Gasteiger partial charge in [-0.05, 0) is 36.2 Å². The molecule has 1 aromatic carbocycles. The number of nitrogens with two attached hydrogens (primary N) is 3. The van der Waals surface area contributed by atoms with Gasteiger partial charge in [-0.3, -0.25) is 18.6 Å². The Labute approximate surface area is 215 Å². The second-order valence-electron chi connectivity index (χ2n) is 6.64. The van der Waals surface area contributed by atoms with E-state index in [-0.39, 0.29) is 16.8 Å². The number of alkyl halides is 1. The number of aliphatic imine (C=N–C) groups is 1. The van der Waals surface area contributed by atoms with Crippen molar-refractivity contribution in [1.82, 2.24) is 9.40 Å². The Bertz CT molecular complexity index is 961. The lowest BCUT2D eigenvalue weighted by atomic mass is 9.92. The van der Waals surface area contributed by atoms with E-state index in [9.17, 15) is 13.6 Å². The fourth-order valence-corrected chi connectivity index (χ4v) is 3.28. The second kappa shape index (κ2) is 17.5. The average molecular weight is 530 g/mol. The molecule has 1 heterocycles. The van der Waals surface area contributed by atoms with E-state index in [4.69, 9.17) is 28.9 Å². The minimum absolute atomic E-state index is 0.0335. The number of anilines is 1. The molecular formula is C23H34ClF2N7OS. The van der Waals surface area contributed by atoms with Crippen molar-refractivity contribution in [3.8, 4) is 0 Å². The summed E-state index contributed by atoms with van der Waals surface area (Å²) < 4.78 is 25.4. The number of halogens is 3. The molecule has 194 valence electrons. The number of aromatic nitrogens is 1. The van der Waals surface area contributed by atoms with Crippen LogP contribution < -0.4 is 22.6 Å². The lowest BCUT2D eigenvalue weighted by molar-refractivity contribution is 0.102. The van der Waals surface area contributed by atoms with E-state index in [1.165, 1.54) is 41.2 Å². The summed E-state index contributed by atoms with van der Waals surface area (Å²) in [6.07, 6.45) is 4.77. The first kappa shape index (κ1) is 32.1. The van der Waals surface area contributed by atoms with Gasteiger partial charge in [-0.15, -0.1) is 0 Å². The monoisotopic (exact) mass is 529 g/mol. The number of hydrazine groups is 1. The van der Waals surface area contributed by atoms with Crippen molar-refractivity contribution >= 4 is 40.3 Å². The number of carbonyl (C=O) groups excluding carboxylic acids is 1. The number of nitrogens with one attached hydrogen (secondary N) is 1. The zero-order valence-electron chi connectivity index (χ0n) is 20.5. The maximum absolute atomic E-state index is 14.7. The molecular weight excluding hydrogens is 496 g/mol. The van der Waals surface area contributed by atoms with Gasteiger partial charge in [0.1, 0.15) is 11.5 Å². The predicted octanol–water partition coefficient (Wildman–Crippen LogP) is 5.39. The first-order valence-corrected chi connectivity index (χ1v) is 11.9. The molecule has 0 bridgehead atoms. The third-order valence-electron chi connectivity index (χ3n) is 4.41. The summed E-state index contributed by atoms with van der Waals surface area (Å²) in [5.74, 6) is 4.78. The van der Waals surface area contributed by atoms with Crippen LogP contribution in [-0.4, -0.2) is 27.7 Å². The first-order valence-electron chi connectivity index (χ1n) is 10.8. The van der Waals surface area contributed by atoms with E-state index in [0.29, 0.717) is 23.5 Å². The van der Waals surface area contributed by atoms with Gasteiger partial charge in [0.05, 0.1) is 18.2 Å². The number of hydrogen-bond donors (Lipinski definition) is 4. The zero-order valence-corrected chi connectivity index (χ0v) is 22.1. The number of amides is 1. The highest BCUT2D eigenvalue weighted by atomic mass is 35.5. The van der Waals surface area contributed by atoms with Crippen molar-refractivity contribution in [2.24, 2.45) is 28.2 Å². The predicted molar refractivity (Wildman–Crippen MR) is 143 cm³/mol. The number of rotatable bonds is 8.